The molecule has 2 rings (SSSR count). The first-order valence-corrected chi connectivity index (χ1v) is 5.16. The third-order valence-corrected chi connectivity index (χ3v) is 2.84. The van der Waals surface area contributed by atoms with Crippen molar-refractivity contribution in [3.8, 4) is 0 Å². The fourth-order valence-electron chi connectivity index (χ4n) is 1.95. The summed E-state index contributed by atoms with van der Waals surface area (Å²) in [6.07, 6.45) is 0.755. The quantitative estimate of drug-likeness (QED) is 0.674. The van der Waals surface area contributed by atoms with E-state index in [1.54, 1.807) is 5.97 Å². The van der Waals surface area contributed by atoms with Crippen LogP contribution < -0.4 is 0 Å². The summed E-state index contributed by atoms with van der Waals surface area (Å²) in [5.74, 6) is 2.66. The van der Waals surface area contributed by atoms with Crippen LogP contribution >= 0.6 is 0 Å². The summed E-state index contributed by atoms with van der Waals surface area (Å²) in [7, 11) is 5.48. The molecule has 0 aliphatic heterocycles. The summed E-state index contributed by atoms with van der Waals surface area (Å²) in [5.41, 5.74) is 4.64. The molecule has 0 amide bonds. The zero-order valence-corrected chi connectivity index (χ0v) is 9.42. The van der Waals surface area contributed by atoms with Crippen LogP contribution in [0.15, 0.2) is 16.5 Å². The van der Waals surface area contributed by atoms with Gasteiger partial charge >= 0.3 is 90.6 Å². The molecule has 1 aromatic heterocycles. The molecule has 0 saturated heterocycles. The van der Waals surface area contributed by atoms with Crippen molar-refractivity contribution in [2.75, 3.05) is 0 Å². The Morgan fingerprint density at radius 3 is 2.67 bits per heavy atom. The van der Waals surface area contributed by atoms with E-state index < -0.39 is 0 Å². The Morgan fingerprint density at radius 1 is 1.27 bits per heavy atom. The first-order chi connectivity index (χ1) is 7.13. The van der Waals surface area contributed by atoms with Gasteiger partial charge in [-0.25, -0.2) is 0 Å². The predicted molar refractivity (Wildman–Crippen MR) is 65.9 cm³/mol. The Bertz CT molecular complexity index is 523. The molecule has 0 unspecified atom stereocenters. The van der Waals surface area contributed by atoms with Crippen molar-refractivity contribution in [1.82, 2.24) is 0 Å². The molecule has 0 N–H and O–H groups in total. The molecule has 0 aliphatic carbocycles. The second kappa shape index (κ2) is 3.69. The summed E-state index contributed by atoms with van der Waals surface area (Å²) in [5, 5.41) is 1.21. The molecule has 1 radical (unpaired) electrons. The van der Waals surface area contributed by atoms with E-state index >= 15 is 0 Å². The van der Waals surface area contributed by atoms with Crippen molar-refractivity contribution in [2.24, 2.45) is 0 Å². The molecule has 2 aromatic rings. The van der Waals surface area contributed by atoms with E-state index in [-0.39, 0.29) is 0 Å². The third-order valence-electron chi connectivity index (χ3n) is 2.84. The first-order valence-electron chi connectivity index (χ1n) is 5.16. The summed E-state index contributed by atoms with van der Waals surface area (Å²) in [6, 6.07) is 4.30. The topological polar surface area (TPSA) is 13.1 Å². The molecule has 15 heavy (non-hydrogen) atoms. The monoisotopic (exact) mass is 197 g/mol. The molecule has 1 heterocycles. The minimum absolute atomic E-state index is 0.755. The van der Waals surface area contributed by atoms with Gasteiger partial charge in [-0.3, -0.25) is 0 Å². The van der Waals surface area contributed by atoms with Crippen LogP contribution in [0.1, 0.15) is 22.5 Å². The van der Waals surface area contributed by atoms with E-state index in [0.29, 0.717) is 0 Å². The number of fused-ring (bicyclic) bond motifs is 1. The van der Waals surface area contributed by atoms with E-state index in [2.05, 4.69) is 26.0 Å². The maximum absolute atomic E-state index is 5.76. The van der Waals surface area contributed by atoms with Gasteiger partial charge in [0.15, 0.2) is 0 Å². The second-order valence-corrected chi connectivity index (χ2v) is 4.02. The maximum atomic E-state index is 5.76. The van der Waals surface area contributed by atoms with Crippen molar-refractivity contribution in [2.45, 2.75) is 27.2 Å². The Balaban J connectivity index is 2.79. The number of hydrogen-bond acceptors (Lipinski definition) is 1. The number of furan rings is 1. The first kappa shape index (κ1) is 10.2. The van der Waals surface area contributed by atoms with Gasteiger partial charge in [0, 0.05) is 0 Å². The van der Waals surface area contributed by atoms with E-state index in [1.165, 1.54) is 22.1 Å². The van der Waals surface area contributed by atoms with Gasteiger partial charge in [-0.2, -0.15) is 0 Å². The zero-order valence-electron chi connectivity index (χ0n) is 9.42. The average Bonchev–Trinajstić information content (AvgIpc) is 2.46. The van der Waals surface area contributed by atoms with Crippen LogP contribution in [0.25, 0.3) is 11.0 Å². The fourth-order valence-corrected chi connectivity index (χ4v) is 1.95. The van der Waals surface area contributed by atoms with Crippen molar-refractivity contribution in [1.29, 1.82) is 0 Å². The molecule has 0 atom stereocenters. The second-order valence-electron chi connectivity index (χ2n) is 4.02. The number of rotatable bonds is 2. The van der Waals surface area contributed by atoms with Gasteiger partial charge in [0.1, 0.15) is 0 Å². The molecule has 2 heteroatoms. The molecule has 0 bridgehead atoms. The van der Waals surface area contributed by atoms with Crippen molar-refractivity contribution in [3.05, 3.63) is 34.6 Å². The van der Waals surface area contributed by atoms with Crippen LogP contribution in [-0.4, -0.2) is 13.5 Å². The zero-order chi connectivity index (χ0) is 11.0. The van der Waals surface area contributed by atoms with E-state index in [0.717, 1.165) is 17.8 Å². The number of benzene rings is 1. The Hall–Kier alpha value is -1.31. The molecule has 75 valence electrons. The van der Waals surface area contributed by atoms with Gasteiger partial charge in [0.05, 0.1) is 0 Å². The molecule has 0 spiro atoms. The predicted octanol–water partition coefficient (Wildman–Crippen LogP) is 2.87. The normalized spacial score (nSPS) is 10.8. The molecule has 0 aliphatic rings. The average molecular weight is 197 g/mol. The van der Waals surface area contributed by atoms with Crippen LogP contribution in [0.4, 0.5) is 0 Å². The molecular weight excluding hydrogens is 183 g/mol. The summed E-state index contributed by atoms with van der Waals surface area (Å²) < 4.78 is 5.76. The summed E-state index contributed by atoms with van der Waals surface area (Å²) in [4.78, 5) is 0. The minimum atomic E-state index is 0.755. The third kappa shape index (κ3) is 1.65. The summed E-state index contributed by atoms with van der Waals surface area (Å²) in [6.45, 7) is 6.19. The van der Waals surface area contributed by atoms with Crippen LogP contribution in [0.2, 0.25) is 0 Å². The van der Waals surface area contributed by atoms with E-state index in [9.17, 15) is 0 Å². The van der Waals surface area contributed by atoms with Crippen LogP contribution in [-0.2, 0) is 6.42 Å². The molecule has 0 saturated carbocycles. The summed E-state index contributed by atoms with van der Waals surface area (Å²) >= 11 is 0. The van der Waals surface area contributed by atoms with Crippen molar-refractivity contribution in [3.63, 3.8) is 0 Å². The van der Waals surface area contributed by atoms with Gasteiger partial charge in [-0.1, -0.05) is 0 Å². The molecule has 1 nitrogen and oxygen atoms in total. The van der Waals surface area contributed by atoms with Gasteiger partial charge in [-0.05, 0) is 0 Å². The Morgan fingerprint density at radius 2 is 2.00 bits per heavy atom. The molecule has 1 aromatic carbocycles. The fraction of sp³-hybridized carbons (Fsp3) is 0.308. The molecular formula is C13H14BO. The van der Waals surface area contributed by atoms with Crippen molar-refractivity contribution >= 4 is 24.4 Å². The van der Waals surface area contributed by atoms with E-state index in [4.69, 9.17) is 11.9 Å². The molecule has 0 fully saturated rings. The standard InChI is InChI=1S/C13H14BO/c1-8-6-11(4-5-14)13-12(7-8)9(2)10(3)15-13/h5-7H,4H2,1-3H3. The van der Waals surface area contributed by atoms with Gasteiger partial charge < -0.3 is 0 Å². The van der Waals surface area contributed by atoms with Gasteiger partial charge in [-0.15, -0.1) is 0 Å². The Kier molecular flexibility index (Phi) is 2.51. The van der Waals surface area contributed by atoms with Gasteiger partial charge in [0.2, 0.25) is 0 Å². The van der Waals surface area contributed by atoms with Crippen LogP contribution in [0, 0.1) is 20.8 Å². The van der Waals surface area contributed by atoms with E-state index in [1.807, 2.05) is 6.92 Å². The van der Waals surface area contributed by atoms with Crippen LogP contribution in [0.5, 0.6) is 0 Å². The van der Waals surface area contributed by atoms with Crippen LogP contribution in [0.3, 0.4) is 0 Å². The SMILES string of the molecule is [B]=CCc1cc(C)cc2c(C)c(C)oc12. The van der Waals surface area contributed by atoms with Gasteiger partial charge in [0.25, 0.3) is 0 Å². The number of hydrogen-bond donors (Lipinski definition) is 0. The Labute approximate surface area is 91.2 Å². The van der Waals surface area contributed by atoms with Crippen molar-refractivity contribution < 1.29 is 4.42 Å². The number of aryl methyl sites for hydroxylation is 3.